The van der Waals surface area contributed by atoms with E-state index in [-0.39, 0.29) is 0 Å². The molecule has 1 N–H and O–H groups in total. The van der Waals surface area contributed by atoms with E-state index < -0.39 is 6.09 Å². The van der Waals surface area contributed by atoms with Gasteiger partial charge in [0.25, 0.3) is 0 Å². The van der Waals surface area contributed by atoms with Crippen molar-refractivity contribution in [1.82, 2.24) is 0 Å². The number of benzene rings is 2. The first kappa shape index (κ1) is 10.7. The third kappa shape index (κ3) is 1.50. The van der Waals surface area contributed by atoms with Crippen molar-refractivity contribution >= 4 is 28.8 Å². The lowest BCUT2D eigenvalue weighted by atomic mass is 10.1. The van der Waals surface area contributed by atoms with Gasteiger partial charge in [0, 0.05) is 0 Å². The zero-order chi connectivity index (χ0) is 12.5. The van der Waals surface area contributed by atoms with Crippen molar-refractivity contribution in [1.29, 1.82) is 0 Å². The van der Waals surface area contributed by atoms with E-state index in [1.807, 2.05) is 48.5 Å². The minimum Gasteiger partial charge on any atom is -0.452 e. The molecule has 0 radical (unpaired) electrons. The lowest BCUT2D eigenvalue weighted by molar-refractivity contribution is 0.181. The molecule has 0 atom stereocenters. The topological polar surface area (TPSA) is 41.6 Å². The van der Waals surface area contributed by atoms with Gasteiger partial charge >= 0.3 is 6.09 Å². The molecule has 0 saturated heterocycles. The maximum atomic E-state index is 12.0. The highest BCUT2D eigenvalue weighted by Gasteiger charge is 2.27. The molecular weight excluding hydrogens is 228 g/mol. The molecule has 2 aromatic rings. The number of hydrogen-bond donors (Lipinski definition) is 1. The molecule has 3 rings (SSSR count). The lowest BCUT2D eigenvalue weighted by Crippen LogP contribution is -2.29. The van der Waals surface area contributed by atoms with E-state index in [9.17, 15) is 4.79 Å². The van der Waals surface area contributed by atoms with Crippen LogP contribution in [0.4, 0.5) is 27.5 Å². The van der Waals surface area contributed by atoms with Crippen molar-refractivity contribution < 1.29 is 9.53 Å². The fraction of sp³-hybridized carbons (Fsp3) is 0.0714. The van der Waals surface area contributed by atoms with Crippen molar-refractivity contribution in [3.05, 3.63) is 48.5 Å². The predicted octanol–water partition coefficient (Wildman–Crippen LogP) is 3.65. The molecule has 1 amide bonds. The van der Waals surface area contributed by atoms with Crippen LogP contribution in [0.3, 0.4) is 0 Å². The van der Waals surface area contributed by atoms with Crippen LogP contribution in [0, 0.1) is 0 Å². The normalized spacial score (nSPS) is 12.2. The van der Waals surface area contributed by atoms with Gasteiger partial charge in [-0.1, -0.05) is 24.3 Å². The fourth-order valence-electron chi connectivity index (χ4n) is 2.11. The summed E-state index contributed by atoms with van der Waals surface area (Å²) in [6.45, 7) is 0. The highest BCUT2D eigenvalue weighted by atomic mass is 16.5. The van der Waals surface area contributed by atoms with Gasteiger partial charge in [-0.15, -0.1) is 0 Å². The second-order valence-corrected chi connectivity index (χ2v) is 3.96. The van der Waals surface area contributed by atoms with Crippen molar-refractivity contribution in [3.8, 4) is 0 Å². The number of carbonyl (C=O) groups is 1. The first-order chi connectivity index (χ1) is 8.81. The molecule has 0 aliphatic carbocycles. The predicted molar refractivity (Wildman–Crippen MR) is 70.7 cm³/mol. The summed E-state index contributed by atoms with van der Waals surface area (Å²) in [5, 5.41) is 3.30. The SMILES string of the molecule is COC(=O)N1c2ccccc2Nc2ccccc21. The number of ether oxygens (including phenoxy) is 1. The Kier molecular flexibility index (Phi) is 2.41. The van der Waals surface area contributed by atoms with Crippen LogP contribution in [-0.4, -0.2) is 13.2 Å². The number of para-hydroxylation sites is 4. The Morgan fingerprint density at radius 2 is 1.50 bits per heavy atom. The molecule has 1 aliphatic rings. The van der Waals surface area contributed by atoms with Gasteiger partial charge in [0.05, 0.1) is 29.9 Å². The lowest BCUT2D eigenvalue weighted by Gasteiger charge is -2.30. The average Bonchev–Trinajstić information content (AvgIpc) is 2.44. The zero-order valence-corrected chi connectivity index (χ0v) is 9.88. The fourth-order valence-corrected chi connectivity index (χ4v) is 2.11. The number of nitrogens with zero attached hydrogens (tertiary/aromatic N) is 1. The molecule has 0 unspecified atom stereocenters. The quantitative estimate of drug-likeness (QED) is 0.764. The van der Waals surface area contributed by atoms with Crippen molar-refractivity contribution in [2.75, 3.05) is 17.3 Å². The summed E-state index contributed by atoms with van der Waals surface area (Å²) in [5.41, 5.74) is 3.37. The standard InChI is InChI=1S/C14H12N2O2/c1-18-14(17)16-12-8-4-2-6-10(12)15-11-7-3-5-9-13(11)16/h2-9,15H,1H3. The molecule has 4 nitrogen and oxygen atoms in total. The third-order valence-corrected chi connectivity index (χ3v) is 2.92. The van der Waals surface area contributed by atoms with Gasteiger partial charge in [0.2, 0.25) is 0 Å². The summed E-state index contributed by atoms with van der Waals surface area (Å²) in [7, 11) is 1.38. The van der Waals surface area contributed by atoms with Gasteiger partial charge in [-0.2, -0.15) is 0 Å². The van der Waals surface area contributed by atoms with E-state index in [4.69, 9.17) is 4.74 Å². The van der Waals surface area contributed by atoms with Crippen LogP contribution in [0.25, 0.3) is 0 Å². The van der Waals surface area contributed by atoms with E-state index in [1.165, 1.54) is 7.11 Å². The maximum absolute atomic E-state index is 12.0. The van der Waals surface area contributed by atoms with Crippen LogP contribution >= 0.6 is 0 Å². The van der Waals surface area contributed by atoms with Crippen LogP contribution in [0.1, 0.15) is 0 Å². The van der Waals surface area contributed by atoms with E-state index in [2.05, 4.69) is 5.32 Å². The number of carbonyl (C=O) groups excluding carboxylic acids is 1. The number of amides is 1. The first-order valence-corrected chi connectivity index (χ1v) is 5.64. The minimum absolute atomic E-state index is 0.392. The van der Waals surface area contributed by atoms with Crippen molar-refractivity contribution in [3.63, 3.8) is 0 Å². The van der Waals surface area contributed by atoms with E-state index in [0.717, 1.165) is 22.7 Å². The Morgan fingerprint density at radius 1 is 1.00 bits per heavy atom. The Hall–Kier alpha value is -2.49. The minimum atomic E-state index is -0.392. The monoisotopic (exact) mass is 240 g/mol. The van der Waals surface area contributed by atoms with Crippen LogP contribution in [0.2, 0.25) is 0 Å². The van der Waals surface area contributed by atoms with Gasteiger partial charge in [-0.3, -0.25) is 0 Å². The molecule has 0 saturated carbocycles. The summed E-state index contributed by atoms with van der Waals surface area (Å²) in [6, 6.07) is 15.3. The van der Waals surface area contributed by atoms with Crippen LogP contribution < -0.4 is 10.2 Å². The van der Waals surface area contributed by atoms with E-state index >= 15 is 0 Å². The number of rotatable bonds is 0. The summed E-state index contributed by atoms with van der Waals surface area (Å²) in [5.74, 6) is 0. The first-order valence-electron chi connectivity index (χ1n) is 5.64. The van der Waals surface area contributed by atoms with Crippen molar-refractivity contribution in [2.24, 2.45) is 0 Å². The highest BCUT2D eigenvalue weighted by Crippen LogP contribution is 2.43. The molecule has 0 fully saturated rings. The molecule has 1 heterocycles. The van der Waals surface area contributed by atoms with Crippen molar-refractivity contribution in [2.45, 2.75) is 0 Å². The van der Waals surface area contributed by atoms with Crippen LogP contribution in [0.15, 0.2) is 48.5 Å². The largest absolute Gasteiger partial charge is 0.452 e. The van der Waals surface area contributed by atoms with Gasteiger partial charge < -0.3 is 10.1 Å². The summed E-state index contributed by atoms with van der Waals surface area (Å²) >= 11 is 0. The third-order valence-electron chi connectivity index (χ3n) is 2.92. The van der Waals surface area contributed by atoms with Gasteiger partial charge in [-0.25, -0.2) is 9.69 Å². The smallest absolute Gasteiger partial charge is 0.418 e. The molecule has 90 valence electrons. The zero-order valence-electron chi connectivity index (χ0n) is 9.88. The molecule has 18 heavy (non-hydrogen) atoms. The maximum Gasteiger partial charge on any atom is 0.418 e. The number of fused-ring (bicyclic) bond motifs is 2. The second-order valence-electron chi connectivity index (χ2n) is 3.96. The Morgan fingerprint density at radius 3 is 2.00 bits per heavy atom. The average molecular weight is 240 g/mol. The molecular formula is C14H12N2O2. The molecule has 4 heteroatoms. The number of nitrogens with one attached hydrogen (secondary N) is 1. The number of anilines is 4. The van der Waals surface area contributed by atoms with Gasteiger partial charge in [0.1, 0.15) is 0 Å². The molecule has 0 aromatic heterocycles. The number of methoxy groups -OCH3 is 1. The Balaban J connectivity index is 2.20. The van der Waals surface area contributed by atoms with Gasteiger partial charge in [-0.05, 0) is 24.3 Å². The Labute approximate surface area is 105 Å². The summed E-state index contributed by atoms with van der Waals surface area (Å²) in [6.07, 6.45) is -0.392. The summed E-state index contributed by atoms with van der Waals surface area (Å²) < 4.78 is 4.86. The molecule has 0 bridgehead atoms. The molecule has 0 spiro atoms. The Bertz CT molecular complexity index is 565. The van der Waals surface area contributed by atoms with Gasteiger partial charge in [0.15, 0.2) is 0 Å². The molecule has 1 aliphatic heterocycles. The van der Waals surface area contributed by atoms with Crippen LogP contribution in [-0.2, 0) is 4.74 Å². The van der Waals surface area contributed by atoms with E-state index in [1.54, 1.807) is 4.90 Å². The summed E-state index contributed by atoms with van der Waals surface area (Å²) in [4.78, 5) is 13.5. The van der Waals surface area contributed by atoms with Crippen LogP contribution in [0.5, 0.6) is 0 Å². The molecule has 2 aromatic carbocycles. The number of hydrogen-bond acceptors (Lipinski definition) is 3. The van der Waals surface area contributed by atoms with E-state index in [0.29, 0.717) is 0 Å². The second kappa shape index (κ2) is 4.07. The highest BCUT2D eigenvalue weighted by molar-refractivity contribution is 6.06.